The van der Waals surface area contributed by atoms with E-state index < -0.39 is 0 Å². The molecule has 0 aromatic carbocycles. The van der Waals surface area contributed by atoms with E-state index in [0.717, 1.165) is 25.6 Å². The highest BCUT2D eigenvalue weighted by Gasteiger charge is 2.05. The first-order valence-corrected chi connectivity index (χ1v) is 5.28. The van der Waals surface area contributed by atoms with Crippen molar-refractivity contribution in [3.63, 3.8) is 0 Å². The summed E-state index contributed by atoms with van der Waals surface area (Å²) in [4.78, 5) is 6.46. The molecule has 0 aliphatic carbocycles. The molecular formula is C10H25IN4. The van der Waals surface area contributed by atoms with E-state index in [0.29, 0.717) is 6.04 Å². The number of guanidine groups is 1. The van der Waals surface area contributed by atoms with Gasteiger partial charge in [-0.05, 0) is 20.4 Å². The zero-order chi connectivity index (χ0) is 11.0. The maximum absolute atomic E-state index is 4.05. The van der Waals surface area contributed by atoms with Crippen molar-refractivity contribution in [3.8, 4) is 0 Å². The first-order valence-electron chi connectivity index (χ1n) is 5.28. The third-order valence-electron chi connectivity index (χ3n) is 2.29. The number of hydrogen-bond donors (Lipinski definition) is 2. The minimum absolute atomic E-state index is 0. The Balaban J connectivity index is 0. The molecule has 0 saturated carbocycles. The van der Waals surface area contributed by atoms with Crippen molar-refractivity contribution < 1.29 is 0 Å². The quantitative estimate of drug-likeness (QED) is 0.452. The largest absolute Gasteiger partial charge is 0.359 e. The minimum atomic E-state index is 0. The van der Waals surface area contributed by atoms with Crippen LogP contribution in [0.15, 0.2) is 4.99 Å². The average Bonchev–Trinajstić information content (AvgIpc) is 2.18. The lowest BCUT2D eigenvalue weighted by molar-refractivity contribution is 0.237. The smallest absolute Gasteiger partial charge is 0.190 e. The zero-order valence-electron chi connectivity index (χ0n) is 10.5. The summed E-state index contributed by atoms with van der Waals surface area (Å²) in [6, 6.07) is 0.610. The Labute approximate surface area is 111 Å². The molecule has 0 radical (unpaired) electrons. The van der Waals surface area contributed by atoms with Gasteiger partial charge in [0.25, 0.3) is 0 Å². The fourth-order valence-corrected chi connectivity index (χ4v) is 1.38. The standard InChI is InChI=1S/C10H24N4.HI/c1-6-14(9(2)3)8-7-13-10(11-4)12-5;/h9H,6-8H2,1-5H3,(H2,11,12,13);1H. The molecule has 0 heterocycles. The van der Waals surface area contributed by atoms with Crippen LogP contribution in [-0.2, 0) is 0 Å². The number of rotatable bonds is 5. The van der Waals surface area contributed by atoms with Crippen molar-refractivity contribution in [2.45, 2.75) is 26.8 Å². The van der Waals surface area contributed by atoms with Gasteiger partial charge < -0.3 is 10.6 Å². The van der Waals surface area contributed by atoms with Gasteiger partial charge in [-0.3, -0.25) is 9.89 Å². The van der Waals surface area contributed by atoms with Crippen LogP contribution >= 0.6 is 24.0 Å². The van der Waals surface area contributed by atoms with E-state index in [1.54, 1.807) is 7.05 Å². The summed E-state index contributed by atoms with van der Waals surface area (Å²) in [5.41, 5.74) is 0. The van der Waals surface area contributed by atoms with Crippen molar-refractivity contribution in [1.29, 1.82) is 0 Å². The zero-order valence-corrected chi connectivity index (χ0v) is 12.8. The number of likely N-dealkylation sites (N-methyl/N-ethyl adjacent to an activating group) is 1. The lowest BCUT2D eigenvalue weighted by Gasteiger charge is -2.24. The van der Waals surface area contributed by atoms with Crippen molar-refractivity contribution in [1.82, 2.24) is 15.5 Å². The first kappa shape index (κ1) is 17.4. The van der Waals surface area contributed by atoms with Crippen LogP contribution in [0.1, 0.15) is 20.8 Å². The van der Waals surface area contributed by atoms with Gasteiger partial charge in [0, 0.05) is 33.2 Å². The summed E-state index contributed by atoms with van der Waals surface area (Å²) in [6.07, 6.45) is 0. The summed E-state index contributed by atoms with van der Waals surface area (Å²) in [7, 11) is 3.65. The molecule has 92 valence electrons. The van der Waals surface area contributed by atoms with Gasteiger partial charge in [-0.15, -0.1) is 24.0 Å². The number of hydrogen-bond acceptors (Lipinski definition) is 2. The molecule has 4 nitrogen and oxygen atoms in total. The van der Waals surface area contributed by atoms with Crippen LogP contribution in [0.25, 0.3) is 0 Å². The highest BCUT2D eigenvalue weighted by molar-refractivity contribution is 14.0. The van der Waals surface area contributed by atoms with E-state index >= 15 is 0 Å². The fourth-order valence-electron chi connectivity index (χ4n) is 1.38. The second kappa shape index (κ2) is 10.5. The Bertz CT molecular complexity index is 171. The van der Waals surface area contributed by atoms with Gasteiger partial charge in [-0.25, -0.2) is 0 Å². The molecule has 15 heavy (non-hydrogen) atoms. The number of nitrogens with one attached hydrogen (secondary N) is 2. The predicted octanol–water partition coefficient (Wildman–Crippen LogP) is 1.13. The van der Waals surface area contributed by atoms with Crippen LogP contribution in [0.5, 0.6) is 0 Å². The van der Waals surface area contributed by atoms with Crippen LogP contribution in [-0.4, -0.2) is 50.6 Å². The van der Waals surface area contributed by atoms with Gasteiger partial charge in [-0.1, -0.05) is 6.92 Å². The Hall–Kier alpha value is -0.0400. The van der Waals surface area contributed by atoms with Crippen molar-refractivity contribution >= 4 is 29.9 Å². The maximum atomic E-state index is 4.05. The SMILES string of the molecule is CCN(CCNC(=NC)NC)C(C)C.I. The van der Waals surface area contributed by atoms with E-state index in [9.17, 15) is 0 Å². The van der Waals surface area contributed by atoms with Gasteiger partial charge in [-0.2, -0.15) is 0 Å². The van der Waals surface area contributed by atoms with E-state index in [1.165, 1.54) is 0 Å². The third kappa shape index (κ3) is 7.84. The topological polar surface area (TPSA) is 39.7 Å². The predicted molar refractivity (Wildman–Crippen MR) is 78.2 cm³/mol. The van der Waals surface area contributed by atoms with Crippen molar-refractivity contribution in [2.75, 3.05) is 33.7 Å². The second-order valence-corrected chi connectivity index (χ2v) is 3.47. The van der Waals surface area contributed by atoms with Crippen molar-refractivity contribution in [2.24, 2.45) is 4.99 Å². The first-order chi connectivity index (χ1) is 6.65. The molecule has 0 atom stereocenters. The fraction of sp³-hybridized carbons (Fsp3) is 0.900. The molecule has 0 unspecified atom stereocenters. The summed E-state index contributed by atoms with van der Waals surface area (Å²) in [6.45, 7) is 9.70. The Morgan fingerprint density at radius 1 is 1.40 bits per heavy atom. The van der Waals surface area contributed by atoms with Gasteiger partial charge in [0.05, 0.1) is 0 Å². The summed E-state index contributed by atoms with van der Waals surface area (Å²) in [5, 5.41) is 6.23. The molecule has 0 bridgehead atoms. The summed E-state index contributed by atoms with van der Waals surface area (Å²) < 4.78 is 0. The minimum Gasteiger partial charge on any atom is -0.359 e. The molecule has 0 aromatic rings. The number of halogens is 1. The van der Waals surface area contributed by atoms with Crippen LogP contribution in [0, 0.1) is 0 Å². The molecule has 0 aromatic heterocycles. The molecular weight excluding hydrogens is 303 g/mol. The monoisotopic (exact) mass is 328 g/mol. The van der Waals surface area contributed by atoms with Gasteiger partial charge in [0.2, 0.25) is 0 Å². The van der Waals surface area contributed by atoms with E-state index in [-0.39, 0.29) is 24.0 Å². The normalized spacial score (nSPS) is 11.5. The van der Waals surface area contributed by atoms with Crippen molar-refractivity contribution in [3.05, 3.63) is 0 Å². The van der Waals surface area contributed by atoms with Crippen LogP contribution in [0.3, 0.4) is 0 Å². The Morgan fingerprint density at radius 2 is 2.00 bits per heavy atom. The highest BCUT2D eigenvalue weighted by atomic mass is 127. The van der Waals surface area contributed by atoms with Crippen LogP contribution in [0.2, 0.25) is 0 Å². The van der Waals surface area contributed by atoms with Gasteiger partial charge in [0.1, 0.15) is 0 Å². The van der Waals surface area contributed by atoms with E-state index in [4.69, 9.17) is 0 Å². The number of aliphatic imine (C=N–C) groups is 1. The highest BCUT2D eigenvalue weighted by Crippen LogP contribution is 1.94. The Kier molecular flexibility index (Phi) is 12.1. The second-order valence-electron chi connectivity index (χ2n) is 3.47. The van der Waals surface area contributed by atoms with Crippen LogP contribution in [0.4, 0.5) is 0 Å². The Morgan fingerprint density at radius 3 is 2.33 bits per heavy atom. The third-order valence-corrected chi connectivity index (χ3v) is 2.29. The van der Waals surface area contributed by atoms with E-state index in [1.807, 2.05) is 7.05 Å². The molecule has 5 heteroatoms. The van der Waals surface area contributed by atoms with E-state index in [2.05, 4.69) is 41.3 Å². The molecule has 0 fully saturated rings. The molecule has 0 spiro atoms. The lowest BCUT2D eigenvalue weighted by atomic mass is 10.3. The summed E-state index contributed by atoms with van der Waals surface area (Å²) in [5.74, 6) is 0.852. The molecule has 2 N–H and O–H groups in total. The molecule has 0 aliphatic rings. The molecule has 0 amide bonds. The summed E-state index contributed by atoms with van der Waals surface area (Å²) >= 11 is 0. The number of nitrogens with zero attached hydrogens (tertiary/aromatic N) is 2. The van der Waals surface area contributed by atoms with Gasteiger partial charge in [0.15, 0.2) is 5.96 Å². The molecule has 0 aliphatic heterocycles. The molecule has 0 saturated heterocycles. The molecule has 0 rings (SSSR count). The van der Waals surface area contributed by atoms with Crippen LogP contribution < -0.4 is 10.6 Å². The van der Waals surface area contributed by atoms with Gasteiger partial charge >= 0.3 is 0 Å². The average molecular weight is 328 g/mol. The lowest BCUT2D eigenvalue weighted by Crippen LogP contribution is -2.41. The maximum Gasteiger partial charge on any atom is 0.190 e.